The number of rotatable bonds is 2. The predicted molar refractivity (Wildman–Crippen MR) is 76.5 cm³/mol. The molecule has 1 rings (SSSR count). The summed E-state index contributed by atoms with van der Waals surface area (Å²) >= 11 is 0. The Bertz CT molecular complexity index is 424. The monoisotopic (exact) mass is 285 g/mol. The lowest BCUT2D eigenvalue weighted by atomic mass is 9.63. The molecule has 2 N–H and O–H groups in total. The molecule has 1 amide bonds. The summed E-state index contributed by atoms with van der Waals surface area (Å²) in [4.78, 5) is 23.6. The summed E-state index contributed by atoms with van der Waals surface area (Å²) in [7, 11) is 0. The van der Waals surface area contributed by atoms with Crippen LogP contribution in [0.4, 0.5) is 4.79 Å². The lowest BCUT2D eigenvalue weighted by Gasteiger charge is -2.45. The fourth-order valence-corrected chi connectivity index (χ4v) is 2.86. The maximum atomic E-state index is 12.0. The van der Waals surface area contributed by atoms with Gasteiger partial charge in [-0.1, -0.05) is 13.8 Å². The summed E-state index contributed by atoms with van der Waals surface area (Å²) in [5, 5.41) is 12.4. The summed E-state index contributed by atoms with van der Waals surface area (Å²) < 4.78 is 5.29. The Morgan fingerprint density at radius 2 is 1.60 bits per heavy atom. The Labute approximate surface area is 121 Å². The third-order valence-electron chi connectivity index (χ3n) is 5.13. The Morgan fingerprint density at radius 1 is 1.10 bits per heavy atom. The maximum Gasteiger partial charge on any atom is 0.408 e. The van der Waals surface area contributed by atoms with Crippen molar-refractivity contribution in [2.75, 3.05) is 0 Å². The molecule has 0 bridgehead atoms. The molecule has 5 heteroatoms. The second-order valence-electron chi connectivity index (χ2n) is 7.72. The Kier molecular flexibility index (Phi) is 3.89. The molecule has 0 heterocycles. The normalized spacial score (nSPS) is 32.8. The van der Waals surface area contributed by atoms with Crippen LogP contribution in [0.2, 0.25) is 0 Å². The van der Waals surface area contributed by atoms with E-state index in [0.717, 1.165) is 0 Å². The summed E-state index contributed by atoms with van der Waals surface area (Å²) in [6.45, 7) is 12.8. The van der Waals surface area contributed by atoms with Crippen LogP contribution < -0.4 is 5.32 Å². The number of hydrogen-bond donors (Lipinski definition) is 2. The van der Waals surface area contributed by atoms with Crippen molar-refractivity contribution >= 4 is 12.1 Å². The number of carboxylic acids is 1. The van der Waals surface area contributed by atoms with E-state index in [1.165, 1.54) is 0 Å². The van der Waals surface area contributed by atoms with Crippen LogP contribution in [0.25, 0.3) is 0 Å². The molecule has 0 aliphatic heterocycles. The van der Waals surface area contributed by atoms with Crippen LogP contribution in [0, 0.1) is 10.8 Å². The molecule has 2 unspecified atom stereocenters. The topological polar surface area (TPSA) is 75.6 Å². The smallest absolute Gasteiger partial charge is 0.408 e. The molecule has 0 aromatic carbocycles. The molecule has 1 aliphatic rings. The first kappa shape index (κ1) is 16.8. The largest absolute Gasteiger partial charge is 0.481 e. The first-order valence-electron chi connectivity index (χ1n) is 7.00. The van der Waals surface area contributed by atoms with Gasteiger partial charge in [0.1, 0.15) is 5.60 Å². The molecule has 0 saturated heterocycles. The van der Waals surface area contributed by atoms with Crippen LogP contribution in [-0.4, -0.2) is 28.3 Å². The molecule has 0 aromatic heterocycles. The first-order chi connectivity index (χ1) is 8.75. The van der Waals surface area contributed by atoms with Crippen LogP contribution in [-0.2, 0) is 9.53 Å². The Hall–Kier alpha value is -1.26. The average Bonchev–Trinajstić information content (AvgIpc) is 2.37. The number of carboxylic acid groups (broad SMARTS) is 1. The Morgan fingerprint density at radius 3 is 1.95 bits per heavy atom. The standard InChI is InChI=1S/C15H27NO4/c1-12(2,3)20-11(19)16-15(7)9-8-14(6,10(17)18)13(15,4)5/h8-9H2,1-7H3,(H,16,19)(H,17,18). The van der Waals surface area contributed by atoms with Gasteiger partial charge in [0, 0.05) is 11.0 Å². The molecule has 1 fully saturated rings. The third kappa shape index (κ3) is 2.63. The molecule has 0 aromatic rings. The van der Waals surface area contributed by atoms with Gasteiger partial charge in [0.2, 0.25) is 0 Å². The van der Waals surface area contributed by atoms with Crippen molar-refractivity contribution in [2.24, 2.45) is 10.8 Å². The van der Waals surface area contributed by atoms with Gasteiger partial charge in [0.25, 0.3) is 0 Å². The van der Waals surface area contributed by atoms with E-state index in [9.17, 15) is 14.7 Å². The molecular weight excluding hydrogens is 258 g/mol. The van der Waals surface area contributed by atoms with E-state index < -0.39 is 34.0 Å². The van der Waals surface area contributed by atoms with Gasteiger partial charge in [-0.3, -0.25) is 4.79 Å². The molecule has 5 nitrogen and oxygen atoms in total. The zero-order valence-electron chi connectivity index (χ0n) is 13.6. The predicted octanol–water partition coefficient (Wildman–Crippen LogP) is 3.18. The number of nitrogens with one attached hydrogen (secondary N) is 1. The highest BCUT2D eigenvalue weighted by atomic mass is 16.6. The van der Waals surface area contributed by atoms with Crippen molar-refractivity contribution in [3.05, 3.63) is 0 Å². The van der Waals surface area contributed by atoms with E-state index in [1.54, 1.807) is 27.7 Å². The minimum atomic E-state index is -0.864. The summed E-state index contributed by atoms with van der Waals surface area (Å²) in [5.74, 6) is -0.822. The van der Waals surface area contributed by atoms with E-state index in [-0.39, 0.29) is 0 Å². The minimum absolute atomic E-state index is 0.497. The van der Waals surface area contributed by atoms with Gasteiger partial charge in [-0.2, -0.15) is 0 Å². The second-order valence-corrected chi connectivity index (χ2v) is 7.72. The molecule has 1 saturated carbocycles. The van der Waals surface area contributed by atoms with Gasteiger partial charge in [-0.25, -0.2) is 4.79 Å². The van der Waals surface area contributed by atoms with Gasteiger partial charge in [-0.15, -0.1) is 0 Å². The highest BCUT2D eigenvalue weighted by molar-refractivity contribution is 5.77. The van der Waals surface area contributed by atoms with Crippen molar-refractivity contribution in [2.45, 2.75) is 72.4 Å². The summed E-state index contributed by atoms with van der Waals surface area (Å²) in [6.07, 6.45) is 0.645. The molecule has 2 atom stereocenters. The average molecular weight is 285 g/mol. The van der Waals surface area contributed by atoms with E-state index in [4.69, 9.17) is 4.74 Å². The van der Waals surface area contributed by atoms with Crippen molar-refractivity contribution in [3.8, 4) is 0 Å². The first-order valence-corrected chi connectivity index (χ1v) is 7.00. The zero-order valence-corrected chi connectivity index (χ0v) is 13.6. The Balaban J connectivity index is 2.96. The quantitative estimate of drug-likeness (QED) is 0.817. The number of alkyl carbamates (subject to hydrolysis) is 1. The number of amides is 1. The van der Waals surface area contributed by atoms with Crippen LogP contribution >= 0.6 is 0 Å². The van der Waals surface area contributed by atoms with Gasteiger partial charge < -0.3 is 15.2 Å². The summed E-state index contributed by atoms with van der Waals surface area (Å²) in [6, 6.07) is 0. The highest BCUT2D eigenvalue weighted by Crippen LogP contribution is 2.58. The van der Waals surface area contributed by atoms with Crippen LogP contribution in [0.5, 0.6) is 0 Å². The number of ether oxygens (including phenoxy) is 1. The van der Waals surface area contributed by atoms with Gasteiger partial charge in [-0.05, 0) is 47.5 Å². The highest BCUT2D eigenvalue weighted by Gasteiger charge is 2.62. The fraction of sp³-hybridized carbons (Fsp3) is 0.867. The number of carbonyl (C=O) groups excluding carboxylic acids is 1. The zero-order chi connectivity index (χ0) is 16.0. The van der Waals surface area contributed by atoms with Crippen LogP contribution in [0.15, 0.2) is 0 Å². The molecule has 116 valence electrons. The minimum Gasteiger partial charge on any atom is -0.481 e. The van der Waals surface area contributed by atoms with E-state index in [2.05, 4.69) is 5.32 Å². The van der Waals surface area contributed by atoms with E-state index >= 15 is 0 Å². The fourth-order valence-electron chi connectivity index (χ4n) is 2.86. The molecular formula is C15H27NO4. The van der Waals surface area contributed by atoms with Crippen molar-refractivity contribution in [3.63, 3.8) is 0 Å². The van der Waals surface area contributed by atoms with E-state index in [1.807, 2.05) is 20.8 Å². The molecule has 1 aliphatic carbocycles. The van der Waals surface area contributed by atoms with Crippen molar-refractivity contribution < 1.29 is 19.4 Å². The van der Waals surface area contributed by atoms with Gasteiger partial charge >= 0.3 is 12.1 Å². The van der Waals surface area contributed by atoms with Crippen molar-refractivity contribution in [1.29, 1.82) is 0 Å². The number of hydrogen-bond acceptors (Lipinski definition) is 3. The summed E-state index contributed by atoms with van der Waals surface area (Å²) in [5.41, 5.74) is -2.62. The number of aliphatic carboxylic acids is 1. The van der Waals surface area contributed by atoms with Gasteiger partial charge in [0.05, 0.1) is 5.41 Å². The SMILES string of the molecule is CC(C)(C)OC(=O)NC1(C)CCC(C)(C(=O)O)C1(C)C. The molecule has 20 heavy (non-hydrogen) atoms. The maximum absolute atomic E-state index is 12.0. The molecule has 0 radical (unpaired) electrons. The molecule has 0 spiro atoms. The van der Waals surface area contributed by atoms with Crippen LogP contribution in [0.1, 0.15) is 61.3 Å². The third-order valence-corrected chi connectivity index (χ3v) is 5.13. The number of carbonyl (C=O) groups is 2. The van der Waals surface area contributed by atoms with Crippen molar-refractivity contribution in [1.82, 2.24) is 5.32 Å². The van der Waals surface area contributed by atoms with Gasteiger partial charge in [0.15, 0.2) is 0 Å². The van der Waals surface area contributed by atoms with Crippen LogP contribution in [0.3, 0.4) is 0 Å². The lowest BCUT2D eigenvalue weighted by molar-refractivity contribution is -0.155. The second kappa shape index (κ2) is 4.64. The van der Waals surface area contributed by atoms with E-state index in [0.29, 0.717) is 12.8 Å². The lowest BCUT2D eigenvalue weighted by Crippen LogP contribution is -2.58.